The maximum Gasteiger partial charge on any atom is 0.407 e. The minimum Gasteiger partial charge on any atom is -0.480 e. The normalized spacial score (nSPS) is 11.6. The van der Waals surface area contributed by atoms with Gasteiger partial charge >= 0.3 is 18.2 Å². The monoisotopic (exact) mass is 276 g/mol. The van der Waals surface area contributed by atoms with E-state index in [-0.39, 0.29) is 25.5 Å². The number of carbonyl (C=O) groups excluding carboxylic acids is 2. The van der Waals surface area contributed by atoms with E-state index in [1.165, 1.54) is 7.11 Å². The Morgan fingerprint density at radius 3 is 2.32 bits per heavy atom. The van der Waals surface area contributed by atoms with Crippen LogP contribution >= 0.6 is 0 Å². The zero-order valence-corrected chi connectivity index (χ0v) is 11.3. The highest BCUT2D eigenvalue weighted by Crippen LogP contribution is 1.96. The van der Waals surface area contributed by atoms with Crippen LogP contribution in [0.4, 0.5) is 9.59 Å². The Morgan fingerprint density at radius 2 is 1.84 bits per heavy atom. The third-order valence-corrected chi connectivity index (χ3v) is 2.03. The molecule has 0 unspecified atom stereocenters. The number of hydrogen-bond acceptors (Lipinski definition) is 5. The number of methoxy groups -OCH3 is 1. The molecule has 0 aliphatic heterocycles. The van der Waals surface area contributed by atoms with Crippen molar-refractivity contribution < 1.29 is 29.0 Å². The number of amides is 2. The van der Waals surface area contributed by atoms with Crippen molar-refractivity contribution in [3.63, 3.8) is 0 Å². The van der Waals surface area contributed by atoms with Crippen molar-refractivity contribution in [3.8, 4) is 0 Å². The number of alkyl carbamates (subject to hydrolysis) is 2. The molecule has 2 amide bonds. The molecule has 0 heterocycles. The van der Waals surface area contributed by atoms with Gasteiger partial charge in [-0.1, -0.05) is 13.8 Å². The minimum atomic E-state index is -1.20. The number of carboxylic acid groups (broad SMARTS) is 1. The van der Waals surface area contributed by atoms with Gasteiger partial charge in [0.05, 0.1) is 13.7 Å². The summed E-state index contributed by atoms with van der Waals surface area (Å²) in [6.45, 7) is 4.00. The van der Waals surface area contributed by atoms with Crippen LogP contribution in [0.25, 0.3) is 0 Å². The second-order valence-electron chi connectivity index (χ2n) is 4.23. The molecular weight excluding hydrogens is 256 g/mol. The van der Waals surface area contributed by atoms with Crippen molar-refractivity contribution in [2.24, 2.45) is 5.92 Å². The van der Waals surface area contributed by atoms with E-state index in [9.17, 15) is 14.4 Å². The molecule has 0 bridgehead atoms. The molecule has 8 heteroatoms. The zero-order chi connectivity index (χ0) is 14.8. The Morgan fingerprint density at radius 1 is 1.21 bits per heavy atom. The van der Waals surface area contributed by atoms with Crippen LogP contribution in [0.15, 0.2) is 0 Å². The van der Waals surface area contributed by atoms with Crippen LogP contribution in [-0.4, -0.2) is 49.6 Å². The molecule has 3 N–H and O–H groups in total. The molecule has 0 spiro atoms. The summed E-state index contributed by atoms with van der Waals surface area (Å²) in [5.41, 5.74) is 0. The largest absolute Gasteiger partial charge is 0.480 e. The average Bonchev–Trinajstić information content (AvgIpc) is 2.34. The Balaban J connectivity index is 4.08. The molecule has 0 aromatic heterocycles. The first-order chi connectivity index (χ1) is 8.86. The van der Waals surface area contributed by atoms with Crippen LogP contribution < -0.4 is 10.6 Å². The number of hydrogen-bond donors (Lipinski definition) is 3. The number of carboxylic acids is 1. The van der Waals surface area contributed by atoms with E-state index in [0.29, 0.717) is 0 Å². The number of rotatable bonds is 7. The molecule has 0 rings (SSSR count). The first-order valence-corrected chi connectivity index (χ1v) is 5.84. The highest BCUT2D eigenvalue weighted by atomic mass is 16.5. The van der Waals surface area contributed by atoms with Crippen LogP contribution in [0.5, 0.6) is 0 Å². The average molecular weight is 276 g/mol. The molecule has 0 aliphatic rings. The lowest BCUT2D eigenvalue weighted by atomic mass is 10.2. The van der Waals surface area contributed by atoms with E-state index in [1.807, 2.05) is 13.8 Å². The molecule has 8 nitrogen and oxygen atoms in total. The Bertz CT molecular complexity index is 318. The summed E-state index contributed by atoms with van der Waals surface area (Å²) in [6.07, 6.45) is -1.42. The van der Waals surface area contributed by atoms with Crippen molar-refractivity contribution >= 4 is 18.2 Å². The molecule has 19 heavy (non-hydrogen) atoms. The second kappa shape index (κ2) is 9.01. The Kier molecular flexibility index (Phi) is 8.07. The third kappa shape index (κ3) is 8.70. The standard InChI is InChI=1S/C11H20N2O6/c1-7(2)6-19-11(17)13-8(9(14)15)4-5-12-10(16)18-3/h7-8H,4-6H2,1-3H3,(H,12,16)(H,13,17)(H,14,15)/t8-/m0/s1. The summed E-state index contributed by atoms with van der Waals surface area (Å²) < 4.78 is 9.14. The second-order valence-corrected chi connectivity index (χ2v) is 4.23. The van der Waals surface area contributed by atoms with Gasteiger partial charge in [-0.2, -0.15) is 0 Å². The Labute approximate surface area is 111 Å². The van der Waals surface area contributed by atoms with Crippen molar-refractivity contribution in [2.45, 2.75) is 26.3 Å². The molecule has 1 atom stereocenters. The summed E-state index contributed by atoms with van der Waals surface area (Å²) in [7, 11) is 1.20. The highest BCUT2D eigenvalue weighted by molar-refractivity contribution is 5.79. The molecular formula is C11H20N2O6. The first kappa shape index (κ1) is 17.0. The van der Waals surface area contributed by atoms with Gasteiger partial charge in [0.25, 0.3) is 0 Å². The third-order valence-electron chi connectivity index (χ3n) is 2.03. The number of nitrogens with one attached hydrogen (secondary N) is 2. The highest BCUT2D eigenvalue weighted by Gasteiger charge is 2.20. The van der Waals surface area contributed by atoms with E-state index in [0.717, 1.165) is 0 Å². The number of carbonyl (C=O) groups is 3. The smallest absolute Gasteiger partial charge is 0.407 e. The lowest BCUT2D eigenvalue weighted by Crippen LogP contribution is -2.43. The summed E-state index contributed by atoms with van der Waals surface area (Å²) in [5, 5.41) is 13.4. The number of ether oxygens (including phenoxy) is 2. The van der Waals surface area contributed by atoms with Crippen LogP contribution in [0, 0.1) is 5.92 Å². The van der Waals surface area contributed by atoms with Gasteiger partial charge in [-0.3, -0.25) is 0 Å². The van der Waals surface area contributed by atoms with Crippen LogP contribution in [0.2, 0.25) is 0 Å². The topological polar surface area (TPSA) is 114 Å². The lowest BCUT2D eigenvalue weighted by molar-refractivity contribution is -0.139. The summed E-state index contributed by atoms with van der Waals surface area (Å²) in [6, 6.07) is -1.13. The molecule has 0 aromatic rings. The molecule has 0 aromatic carbocycles. The van der Waals surface area contributed by atoms with Gasteiger partial charge in [-0.05, 0) is 12.3 Å². The Hall–Kier alpha value is -1.99. The predicted octanol–water partition coefficient (Wildman–Crippen LogP) is 0.568. The molecule has 110 valence electrons. The van der Waals surface area contributed by atoms with Crippen molar-refractivity contribution in [1.82, 2.24) is 10.6 Å². The van der Waals surface area contributed by atoms with Gasteiger partial charge in [-0.15, -0.1) is 0 Å². The fraction of sp³-hybridized carbons (Fsp3) is 0.727. The van der Waals surface area contributed by atoms with Crippen LogP contribution in [0.1, 0.15) is 20.3 Å². The molecule has 0 saturated carbocycles. The summed E-state index contributed by atoms with van der Waals surface area (Å²) in [5.74, 6) is -1.04. The predicted molar refractivity (Wildman–Crippen MR) is 65.8 cm³/mol. The molecule has 0 aliphatic carbocycles. The van der Waals surface area contributed by atoms with E-state index in [2.05, 4.69) is 15.4 Å². The SMILES string of the molecule is COC(=O)NCC[C@H](NC(=O)OCC(C)C)C(=O)O. The van der Waals surface area contributed by atoms with E-state index in [4.69, 9.17) is 9.84 Å². The lowest BCUT2D eigenvalue weighted by Gasteiger charge is -2.15. The summed E-state index contributed by atoms with van der Waals surface area (Å²) in [4.78, 5) is 33.0. The van der Waals surface area contributed by atoms with E-state index >= 15 is 0 Å². The van der Waals surface area contributed by atoms with Crippen LogP contribution in [0.3, 0.4) is 0 Å². The van der Waals surface area contributed by atoms with Gasteiger partial charge in [0.15, 0.2) is 0 Å². The molecule has 0 fully saturated rings. The van der Waals surface area contributed by atoms with Crippen LogP contribution in [-0.2, 0) is 14.3 Å². The van der Waals surface area contributed by atoms with E-state index in [1.54, 1.807) is 0 Å². The quantitative estimate of drug-likeness (QED) is 0.626. The first-order valence-electron chi connectivity index (χ1n) is 5.84. The summed E-state index contributed by atoms with van der Waals surface area (Å²) >= 11 is 0. The van der Waals surface area contributed by atoms with Crippen molar-refractivity contribution in [1.29, 1.82) is 0 Å². The van der Waals surface area contributed by atoms with Gasteiger partial charge in [0.1, 0.15) is 6.04 Å². The van der Waals surface area contributed by atoms with Crippen molar-refractivity contribution in [3.05, 3.63) is 0 Å². The molecule has 0 radical (unpaired) electrons. The zero-order valence-electron chi connectivity index (χ0n) is 11.3. The van der Waals surface area contributed by atoms with Crippen molar-refractivity contribution in [2.75, 3.05) is 20.3 Å². The van der Waals surface area contributed by atoms with Gasteiger partial charge in [0.2, 0.25) is 0 Å². The maximum atomic E-state index is 11.3. The van der Waals surface area contributed by atoms with Gasteiger partial charge < -0.3 is 25.2 Å². The molecule has 0 saturated heterocycles. The van der Waals surface area contributed by atoms with E-state index < -0.39 is 24.2 Å². The maximum absolute atomic E-state index is 11.3. The van der Waals surface area contributed by atoms with Gasteiger partial charge in [-0.25, -0.2) is 14.4 Å². The number of aliphatic carboxylic acids is 1. The fourth-order valence-electron chi connectivity index (χ4n) is 1.07. The minimum absolute atomic E-state index is 0.0290. The van der Waals surface area contributed by atoms with Gasteiger partial charge in [0, 0.05) is 6.54 Å². The fourth-order valence-corrected chi connectivity index (χ4v) is 1.07.